The number of carbonyl (C=O) groups excluding carboxylic acids is 1. The molecule has 1 atom stereocenters. The molecule has 1 amide bonds. The maximum atomic E-state index is 11.4. The molecular formula is C17H24N2O2. The fraction of sp³-hybridized carbons (Fsp3) is 0.588. The summed E-state index contributed by atoms with van der Waals surface area (Å²) in [6.07, 6.45) is 6.69. The minimum atomic E-state index is 0.104. The van der Waals surface area contributed by atoms with E-state index in [2.05, 4.69) is 16.7 Å². The van der Waals surface area contributed by atoms with E-state index in [1.807, 2.05) is 19.2 Å². The van der Waals surface area contributed by atoms with Crippen LogP contribution in [0.4, 0.5) is 5.69 Å². The first-order chi connectivity index (χ1) is 10.3. The summed E-state index contributed by atoms with van der Waals surface area (Å²) in [5.74, 6) is 1.75. The molecule has 0 saturated heterocycles. The van der Waals surface area contributed by atoms with E-state index in [4.69, 9.17) is 4.74 Å². The van der Waals surface area contributed by atoms with Crippen LogP contribution in [-0.2, 0) is 11.2 Å². The predicted molar refractivity (Wildman–Crippen MR) is 83.7 cm³/mol. The smallest absolute Gasteiger partial charge is 0.224 e. The van der Waals surface area contributed by atoms with E-state index in [0.29, 0.717) is 19.1 Å². The number of benzene rings is 1. The quantitative estimate of drug-likeness (QED) is 0.876. The van der Waals surface area contributed by atoms with Gasteiger partial charge in [0.05, 0.1) is 0 Å². The van der Waals surface area contributed by atoms with Gasteiger partial charge >= 0.3 is 0 Å². The number of aryl methyl sites for hydroxylation is 1. The van der Waals surface area contributed by atoms with Gasteiger partial charge in [0, 0.05) is 18.2 Å². The standard InChI is InChI=1S/C17H24N2O2/c1-18-16(12-4-2-3-5-12)11-21-14-7-8-15-13(10-14)6-9-17(20)19-15/h7-8,10,12,16,18H,2-6,9,11H2,1H3,(H,19,20). The molecule has 0 spiro atoms. The summed E-state index contributed by atoms with van der Waals surface area (Å²) < 4.78 is 5.99. The number of likely N-dealkylation sites (N-methyl/N-ethyl adjacent to an activating group) is 1. The lowest BCUT2D eigenvalue weighted by molar-refractivity contribution is -0.116. The Hall–Kier alpha value is -1.55. The number of fused-ring (bicyclic) bond motifs is 1. The topological polar surface area (TPSA) is 50.4 Å². The van der Waals surface area contributed by atoms with Crippen LogP contribution in [0.15, 0.2) is 18.2 Å². The molecule has 0 bridgehead atoms. The first-order valence-corrected chi connectivity index (χ1v) is 7.99. The molecular weight excluding hydrogens is 264 g/mol. The summed E-state index contributed by atoms with van der Waals surface area (Å²) in [4.78, 5) is 11.4. The third kappa shape index (κ3) is 3.38. The fourth-order valence-corrected chi connectivity index (χ4v) is 3.45. The van der Waals surface area contributed by atoms with Gasteiger partial charge in [0.1, 0.15) is 12.4 Å². The molecule has 1 aromatic rings. The van der Waals surface area contributed by atoms with E-state index in [0.717, 1.165) is 23.8 Å². The largest absolute Gasteiger partial charge is 0.492 e. The zero-order chi connectivity index (χ0) is 14.7. The Kier molecular flexibility index (Phi) is 4.44. The molecule has 4 heteroatoms. The van der Waals surface area contributed by atoms with E-state index in [-0.39, 0.29) is 5.91 Å². The van der Waals surface area contributed by atoms with Crippen LogP contribution in [0.25, 0.3) is 0 Å². The van der Waals surface area contributed by atoms with Crippen molar-refractivity contribution in [2.75, 3.05) is 19.0 Å². The van der Waals surface area contributed by atoms with Crippen molar-refractivity contribution in [3.8, 4) is 5.75 Å². The number of anilines is 1. The molecule has 0 aromatic heterocycles. The second-order valence-corrected chi connectivity index (χ2v) is 6.12. The third-order valence-electron chi connectivity index (χ3n) is 4.74. The predicted octanol–water partition coefficient (Wildman–Crippen LogP) is 2.73. The minimum Gasteiger partial charge on any atom is -0.492 e. The number of rotatable bonds is 5. The number of hydrogen-bond donors (Lipinski definition) is 2. The van der Waals surface area contributed by atoms with Crippen LogP contribution in [0, 0.1) is 5.92 Å². The van der Waals surface area contributed by atoms with Crippen LogP contribution in [0.3, 0.4) is 0 Å². The van der Waals surface area contributed by atoms with Gasteiger partial charge in [-0.25, -0.2) is 0 Å². The Morgan fingerprint density at radius 2 is 2.14 bits per heavy atom. The zero-order valence-corrected chi connectivity index (χ0v) is 12.7. The van der Waals surface area contributed by atoms with Crippen molar-refractivity contribution >= 4 is 11.6 Å². The fourth-order valence-electron chi connectivity index (χ4n) is 3.45. The monoisotopic (exact) mass is 288 g/mol. The molecule has 1 unspecified atom stereocenters. The van der Waals surface area contributed by atoms with E-state index < -0.39 is 0 Å². The second kappa shape index (κ2) is 6.48. The Labute approximate surface area is 126 Å². The summed E-state index contributed by atoms with van der Waals surface area (Å²) in [7, 11) is 2.02. The third-order valence-corrected chi connectivity index (χ3v) is 4.74. The van der Waals surface area contributed by atoms with E-state index >= 15 is 0 Å². The van der Waals surface area contributed by atoms with Gasteiger partial charge in [0.2, 0.25) is 5.91 Å². The number of hydrogen-bond acceptors (Lipinski definition) is 3. The van der Waals surface area contributed by atoms with E-state index in [1.54, 1.807) is 0 Å². The summed E-state index contributed by atoms with van der Waals surface area (Å²) in [5, 5.41) is 6.30. The van der Waals surface area contributed by atoms with Crippen LogP contribution >= 0.6 is 0 Å². The average molecular weight is 288 g/mol. The van der Waals surface area contributed by atoms with Crippen molar-refractivity contribution in [1.29, 1.82) is 0 Å². The molecule has 21 heavy (non-hydrogen) atoms. The lowest BCUT2D eigenvalue weighted by Gasteiger charge is -2.24. The summed E-state index contributed by atoms with van der Waals surface area (Å²) in [5.41, 5.74) is 2.11. The Morgan fingerprint density at radius 3 is 2.90 bits per heavy atom. The Balaban J connectivity index is 1.61. The Bertz CT molecular complexity index is 510. The van der Waals surface area contributed by atoms with Crippen molar-refractivity contribution < 1.29 is 9.53 Å². The van der Waals surface area contributed by atoms with Crippen LogP contribution in [0.1, 0.15) is 37.7 Å². The molecule has 1 heterocycles. The summed E-state index contributed by atoms with van der Waals surface area (Å²) >= 11 is 0. The van der Waals surface area contributed by atoms with Crippen LogP contribution in [0.2, 0.25) is 0 Å². The maximum Gasteiger partial charge on any atom is 0.224 e. The highest BCUT2D eigenvalue weighted by Gasteiger charge is 2.24. The molecule has 114 valence electrons. The van der Waals surface area contributed by atoms with Gasteiger partial charge in [0.25, 0.3) is 0 Å². The van der Waals surface area contributed by atoms with Gasteiger partial charge in [-0.2, -0.15) is 0 Å². The molecule has 1 aromatic carbocycles. The van der Waals surface area contributed by atoms with E-state index in [1.165, 1.54) is 31.2 Å². The van der Waals surface area contributed by atoms with E-state index in [9.17, 15) is 4.79 Å². The summed E-state index contributed by atoms with van der Waals surface area (Å²) in [6.45, 7) is 0.715. The molecule has 1 fully saturated rings. The van der Waals surface area contributed by atoms with Gasteiger partial charge in [-0.3, -0.25) is 4.79 Å². The van der Waals surface area contributed by atoms with Crippen molar-refractivity contribution in [3.05, 3.63) is 23.8 Å². The van der Waals surface area contributed by atoms with Gasteiger partial charge < -0.3 is 15.4 Å². The molecule has 1 aliphatic heterocycles. The molecule has 3 rings (SSSR count). The number of nitrogens with one attached hydrogen (secondary N) is 2. The van der Waals surface area contributed by atoms with Crippen molar-refractivity contribution in [2.45, 2.75) is 44.6 Å². The van der Waals surface area contributed by atoms with Crippen LogP contribution in [-0.4, -0.2) is 25.6 Å². The summed E-state index contributed by atoms with van der Waals surface area (Å²) in [6, 6.07) is 6.40. The SMILES string of the molecule is CNC(COc1ccc2c(c1)CCC(=O)N2)C1CCCC1. The molecule has 2 aliphatic rings. The first kappa shape index (κ1) is 14.4. The van der Waals surface area contributed by atoms with Gasteiger partial charge in [0.15, 0.2) is 0 Å². The van der Waals surface area contributed by atoms with Crippen LogP contribution < -0.4 is 15.4 Å². The number of ether oxygens (including phenoxy) is 1. The molecule has 1 aliphatic carbocycles. The minimum absolute atomic E-state index is 0.104. The van der Waals surface area contributed by atoms with Crippen molar-refractivity contribution in [3.63, 3.8) is 0 Å². The Morgan fingerprint density at radius 1 is 1.33 bits per heavy atom. The highest BCUT2D eigenvalue weighted by Crippen LogP contribution is 2.29. The molecule has 1 saturated carbocycles. The van der Waals surface area contributed by atoms with Gasteiger partial charge in [-0.05, 0) is 56.0 Å². The maximum absolute atomic E-state index is 11.4. The number of amides is 1. The molecule has 4 nitrogen and oxygen atoms in total. The van der Waals surface area contributed by atoms with Crippen molar-refractivity contribution in [1.82, 2.24) is 5.32 Å². The molecule has 0 radical (unpaired) electrons. The second-order valence-electron chi connectivity index (χ2n) is 6.12. The normalized spacial score (nSPS) is 20.0. The van der Waals surface area contributed by atoms with Crippen molar-refractivity contribution in [2.24, 2.45) is 5.92 Å². The first-order valence-electron chi connectivity index (χ1n) is 7.99. The van der Waals surface area contributed by atoms with Crippen LogP contribution in [0.5, 0.6) is 5.75 Å². The van der Waals surface area contributed by atoms with Gasteiger partial charge in [-0.1, -0.05) is 12.8 Å². The highest BCUT2D eigenvalue weighted by atomic mass is 16.5. The highest BCUT2D eigenvalue weighted by molar-refractivity contribution is 5.93. The zero-order valence-electron chi connectivity index (χ0n) is 12.7. The lowest BCUT2D eigenvalue weighted by atomic mass is 9.99. The number of carbonyl (C=O) groups is 1. The lowest BCUT2D eigenvalue weighted by Crippen LogP contribution is -2.37. The molecule has 2 N–H and O–H groups in total. The average Bonchev–Trinajstić information content (AvgIpc) is 3.02. The van der Waals surface area contributed by atoms with Gasteiger partial charge in [-0.15, -0.1) is 0 Å².